The maximum atomic E-state index is 14.3. The second-order valence-electron chi connectivity index (χ2n) is 4.97. The Kier molecular flexibility index (Phi) is 4.92. The first-order valence-electron chi connectivity index (χ1n) is 6.85. The van der Waals surface area contributed by atoms with E-state index in [4.69, 9.17) is 10.9 Å². The quantitative estimate of drug-likeness (QED) is 0.374. The highest BCUT2D eigenvalue weighted by Gasteiger charge is 2.18. The molecule has 1 aliphatic rings. The van der Waals surface area contributed by atoms with Crippen LogP contribution < -0.4 is 5.73 Å². The standard InChI is InChI=1S/C14H21FN4O/c1-2-18-6-8-19(9-7-18)10-11-4-3-5-12(13(11)15)14(16)17-20/h3-5,20H,2,6-10H2,1H3,(H2,16,17). The molecule has 0 saturated carbocycles. The van der Waals surface area contributed by atoms with Crippen LogP contribution in [-0.2, 0) is 6.54 Å². The zero-order chi connectivity index (χ0) is 14.5. The lowest BCUT2D eigenvalue weighted by molar-refractivity contribution is 0.131. The van der Waals surface area contributed by atoms with Crippen molar-refractivity contribution in [2.24, 2.45) is 10.9 Å². The summed E-state index contributed by atoms with van der Waals surface area (Å²) in [7, 11) is 0. The maximum absolute atomic E-state index is 14.3. The molecular formula is C14H21FN4O. The van der Waals surface area contributed by atoms with Gasteiger partial charge in [0.15, 0.2) is 5.84 Å². The molecule has 0 spiro atoms. The molecule has 5 nitrogen and oxygen atoms in total. The number of nitrogens with two attached hydrogens (primary N) is 1. The van der Waals surface area contributed by atoms with Gasteiger partial charge in [0.05, 0.1) is 5.56 Å². The number of hydrogen-bond donors (Lipinski definition) is 2. The van der Waals surface area contributed by atoms with Crippen molar-refractivity contribution in [3.8, 4) is 0 Å². The van der Waals surface area contributed by atoms with E-state index in [1.54, 1.807) is 12.1 Å². The number of likely N-dealkylation sites (N-methyl/N-ethyl adjacent to an activating group) is 1. The molecule has 0 unspecified atom stereocenters. The molecule has 6 heteroatoms. The first-order valence-corrected chi connectivity index (χ1v) is 6.85. The molecule has 1 saturated heterocycles. The molecule has 2 rings (SSSR count). The van der Waals surface area contributed by atoms with Crippen molar-refractivity contribution in [2.45, 2.75) is 13.5 Å². The van der Waals surface area contributed by atoms with Crippen LogP contribution in [-0.4, -0.2) is 53.6 Å². The SMILES string of the molecule is CCN1CCN(Cc2cccc(/C(N)=N/O)c2F)CC1. The summed E-state index contributed by atoms with van der Waals surface area (Å²) in [5.74, 6) is -0.596. The van der Waals surface area contributed by atoms with E-state index in [0.717, 1.165) is 32.7 Å². The summed E-state index contributed by atoms with van der Waals surface area (Å²) in [6.07, 6.45) is 0. The molecule has 1 fully saturated rings. The summed E-state index contributed by atoms with van der Waals surface area (Å²) in [6.45, 7) is 7.64. The van der Waals surface area contributed by atoms with Gasteiger partial charge in [-0.05, 0) is 12.6 Å². The first kappa shape index (κ1) is 14.7. The van der Waals surface area contributed by atoms with Gasteiger partial charge >= 0.3 is 0 Å². The number of nitrogens with zero attached hydrogens (tertiary/aromatic N) is 3. The smallest absolute Gasteiger partial charge is 0.173 e. The van der Waals surface area contributed by atoms with Crippen LogP contribution in [0, 0.1) is 5.82 Å². The van der Waals surface area contributed by atoms with Crippen LogP contribution in [0.1, 0.15) is 18.1 Å². The van der Waals surface area contributed by atoms with Gasteiger partial charge in [0.1, 0.15) is 5.82 Å². The number of benzene rings is 1. The van der Waals surface area contributed by atoms with Crippen molar-refractivity contribution in [1.82, 2.24) is 9.80 Å². The maximum Gasteiger partial charge on any atom is 0.173 e. The van der Waals surface area contributed by atoms with Gasteiger partial charge in [-0.25, -0.2) is 4.39 Å². The minimum Gasteiger partial charge on any atom is -0.409 e. The van der Waals surface area contributed by atoms with Crippen LogP contribution in [0.5, 0.6) is 0 Å². The zero-order valence-corrected chi connectivity index (χ0v) is 11.7. The summed E-state index contributed by atoms with van der Waals surface area (Å²) in [5.41, 5.74) is 6.21. The van der Waals surface area contributed by atoms with Crippen LogP contribution >= 0.6 is 0 Å². The number of piperazine rings is 1. The van der Waals surface area contributed by atoms with Crippen LogP contribution in [0.15, 0.2) is 23.4 Å². The molecule has 0 radical (unpaired) electrons. The second-order valence-corrected chi connectivity index (χ2v) is 4.97. The molecule has 0 amide bonds. The number of halogens is 1. The minimum atomic E-state index is -0.402. The van der Waals surface area contributed by atoms with Crippen molar-refractivity contribution in [3.63, 3.8) is 0 Å². The Morgan fingerprint density at radius 1 is 1.30 bits per heavy atom. The van der Waals surface area contributed by atoms with Gasteiger partial charge in [-0.2, -0.15) is 0 Å². The fraction of sp³-hybridized carbons (Fsp3) is 0.500. The van der Waals surface area contributed by atoms with Crippen LogP contribution in [0.3, 0.4) is 0 Å². The molecule has 3 N–H and O–H groups in total. The van der Waals surface area contributed by atoms with E-state index in [0.29, 0.717) is 12.1 Å². The van der Waals surface area contributed by atoms with Gasteiger partial charge < -0.3 is 15.8 Å². The van der Waals surface area contributed by atoms with Gasteiger partial charge in [-0.1, -0.05) is 24.2 Å². The molecule has 0 atom stereocenters. The Bertz CT molecular complexity index is 484. The normalized spacial score (nSPS) is 18.4. The largest absolute Gasteiger partial charge is 0.409 e. The van der Waals surface area contributed by atoms with Gasteiger partial charge in [0.2, 0.25) is 0 Å². The van der Waals surface area contributed by atoms with Crippen LogP contribution in [0.4, 0.5) is 4.39 Å². The molecular weight excluding hydrogens is 259 g/mol. The van der Waals surface area contributed by atoms with E-state index in [1.165, 1.54) is 6.07 Å². The molecule has 1 heterocycles. The topological polar surface area (TPSA) is 65.1 Å². The molecule has 0 bridgehead atoms. The third-order valence-corrected chi connectivity index (χ3v) is 3.77. The molecule has 1 aromatic carbocycles. The Balaban J connectivity index is 2.07. The fourth-order valence-corrected chi connectivity index (χ4v) is 2.46. The molecule has 0 aromatic heterocycles. The lowest BCUT2D eigenvalue weighted by atomic mass is 10.1. The van der Waals surface area contributed by atoms with Crippen molar-refractivity contribution < 1.29 is 9.60 Å². The minimum absolute atomic E-state index is 0.150. The third-order valence-electron chi connectivity index (χ3n) is 3.77. The van der Waals surface area contributed by atoms with E-state index in [1.807, 2.05) is 0 Å². The summed E-state index contributed by atoms with van der Waals surface area (Å²) >= 11 is 0. The summed E-state index contributed by atoms with van der Waals surface area (Å²) in [5, 5.41) is 11.5. The average molecular weight is 280 g/mol. The van der Waals surface area contributed by atoms with Gasteiger partial charge in [-0.3, -0.25) is 4.90 Å². The van der Waals surface area contributed by atoms with E-state index in [-0.39, 0.29) is 11.4 Å². The Morgan fingerprint density at radius 3 is 2.55 bits per heavy atom. The van der Waals surface area contributed by atoms with E-state index < -0.39 is 5.82 Å². The van der Waals surface area contributed by atoms with Crippen molar-refractivity contribution >= 4 is 5.84 Å². The van der Waals surface area contributed by atoms with Crippen molar-refractivity contribution in [1.29, 1.82) is 0 Å². The van der Waals surface area contributed by atoms with Gasteiger partial charge in [-0.15, -0.1) is 0 Å². The summed E-state index contributed by atoms with van der Waals surface area (Å²) in [4.78, 5) is 4.60. The van der Waals surface area contributed by atoms with Crippen LogP contribution in [0.25, 0.3) is 0 Å². The molecule has 110 valence electrons. The molecule has 0 aliphatic carbocycles. The monoisotopic (exact) mass is 280 g/mol. The van der Waals surface area contributed by atoms with Crippen LogP contribution in [0.2, 0.25) is 0 Å². The van der Waals surface area contributed by atoms with Crippen molar-refractivity contribution in [3.05, 3.63) is 35.1 Å². The Hall–Kier alpha value is -1.66. The summed E-state index contributed by atoms with van der Waals surface area (Å²) < 4.78 is 14.3. The zero-order valence-electron chi connectivity index (χ0n) is 11.7. The number of rotatable bonds is 4. The molecule has 1 aromatic rings. The van der Waals surface area contributed by atoms with Gasteiger partial charge in [0.25, 0.3) is 0 Å². The fourth-order valence-electron chi connectivity index (χ4n) is 2.46. The lowest BCUT2D eigenvalue weighted by Crippen LogP contribution is -2.45. The molecule has 20 heavy (non-hydrogen) atoms. The highest BCUT2D eigenvalue weighted by atomic mass is 19.1. The third kappa shape index (κ3) is 3.26. The number of hydrogen-bond acceptors (Lipinski definition) is 4. The number of amidine groups is 1. The Labute approximate surface area is 118 Å². The van der Waals surface area contributed by atoms with Crippen molar-refractivity contribution in [2.75, 3.05) is 32.7 Å². The van der Waals surface area contributed by atoms with E-state index >= 15 is 0 Å². The Morgan fingerprint density at radius 2 is 1.95 bits per heavy atom. The predicted molar refractivity (Wildman–Crippen MR) is 76.3 cm³/mol. The molecule has 1 aliphatic heterocycles. The predicted octanol–water partition coefficient (Wildman–Crippen LogP) is 1.06. The van der Waals surface area contributed by atoms with E-state index in [9.17, 15) is 4.39 Å². The second kappa shape index (κ2) is 6.67. The van der Waals surface area contributed by atoms with E-state index in [2.05, 4.69) is 21.9 Å². The van der Waals surface area contributed by atoms with Gasteiger partial charge in [0, 0.05) is 38.3 Å². The lowest BCUT2D eigenvalue weighted by Gasteiger charge is -2.34. The highest BCUT2D eigenvalue weighted by Crippen LogP contribution is 2.16. The highest BCUT2D eigenvalue weighted by molar-refractivity contribution is 5.97. The first-order chi connectivity index (χ1) is 9.65. The summed E-state index contributed by atoms with van der Waals surface area (Å²) in [6, 6.07) is 4.99. The number of oxime groups is 1. The average Bonchev–Trinajstić information content (AvgIpc) is 2.49.